The normalized spacial score (nSPS) is 21.8. The fraction of sp³-hybridized carbons (Fsp3) is 0.429. The van der Waals surface area contributed by atoms with Crippen LogP contribution in [0.1, 0.15) is 12.0 Å². The number of aliphatic hydroxyl groups excluding tert-OH is 1. The number of β-amino-alcohol motifs (C(OH)–C–C–N with tert-alkyl or cyclic N) is 1. The molecule has 6 nitrogen and oxygen atoms in total. The van der Waals surface area contributed by atoms with Crippen molar-refractivity contribution in [3.63, 3.8) is 0 Å². The van der Waals surface area contributed by atoms with Gasteiger partial charge in [0, 0.05) is 26.6 Å². The lowest BCUT2D eigenvalue weighted by Gasteiger charge is -2.27. The Morgan fingerprint density at radius 2 is 2.00 bits per heavy atom. The molecule has 0 radical (unpaired) electrons. The van der Waals surface area contributed by atoms with E-state index in [1.54, 1.807) is 7.05 Å². The molecule has 1 aromatic rings. The molecule has 1 saturated heterocycles. The summed E-state index contributed by atoms with van der Waals surface area (Å²) >= 11 is 0. The lowest BCUT2D eigenvalue weighted by Crippen LogP contribution is -2.46. The molecular formula is C14H18N2O4. The average Bonchev–Trinajstić information content (AvgIpc) is 2.81. The number of aliphatic carboxylic acids is 1. The zero-order valence-electron chi connectivity index (χ0n) is 11.3. The van der Waals surface area contributed by atoms with Gasteiger partial charge in [0.1, 0.15) is 6.04 Å². The van der Waals surface area contributed by atoms with E-state index in [4.69, 9.17) is 5.11 Å². The standard InChI is InChI=1S/C14H18N2O4/c1-15(8-10-5-3-2-4-6-10)14(20)16-9-11(17)7-12(16)13(18)19/h2-6,11-12,17H,7-9H2,1H3,(H,18,19)/t11-,12-/m0/s1. The maximum atomic E-state index is 12.3. The molecule has 0 aliphatic carbocycles. The summed E-state index contributed by atoms with van der Waals surface area (Å²) in [7, 11) is 1.62. The van der Waals surface area contributed by atoms with Crippen molar-refractivity contribution in [1.29, 1.82) is 0 Å². The zero-order chi connectivity index (χ0) is 14.7. The van der Waals surface area contributed by atoms with E-state index in [0.29, 0.717) is 6.54 Å². The molecule has 108 valence electrons. The number of hydrogen-bond acceptors (Lipinski definition) is 3. The Morgan fingerprint density at radius 3 is 2.60 bits per heavy atom. The molecule has 1 aromatic carbocycles. The molecule has 1 heterocycles. The van der Waals surface area contributed by atoms with Gasteiger partial charge in [-0.1, -0.05) is 30.3 Å². The summed E-state index contributed by atoms with van der Waals surface area (Å²) in [5, 5.41) is 18.7. The first-order valence-corrected chi connectivity index (χ1v) is 6.45. The van der Waals surface area contributed by atoms with Crippen LogP contribution in [0.25, 0.3) is 0 Å². The third-order valence-corrected chi connectivity index (χ3v) is 3.40. The number of carboxylic acid groups (broad SMARTS) is 1. The summed E-state index contributed by atoms with van der Waals surface area (Å²) in [6.45, 7) is 0.466. The highest BCUT2D eigenvalue weighted by Crippen LogP contribution is 2.20. The van der Waals surface area contributed by atoms with Crippen molar-refractivity contribution in [1.82, 2.24) is 9.80 Å². The van der Waals surface area contributed by atoms with Crippen molar-refractivity contribution in [2.75, 3.05) is 13.6 Å². The highest BCUT2D eigenvalue weighted by molar-refractivity contribution is 5.83. The molecule has 20 heavy (non-hydrogen) atoms. The van der Waals surface area contributed by atoms with Crippen molar-refractivity contribution < 1.29 is 19.8 Å². The zero-order valence-corrected chi connectivity index (χ0v) is 11.3. The summed E-state index contributed by atoms with van der Waals surface area (Å²) in [6, 6.07) is 8.13. The highest BCUT2D eigenvalue weighted by atomic mass is 16.4. The average molecular weight is 278 g/mol. The number of amides is 2. The second-order valence-electron chi connectivity index (χ2n) is 5.02. The van der Waals surface area contributed by atoms with Crippen molar-refractivity contribution in [3.8, 4) is 0 Å². The number of urea groups is 1. The van der Waals surface area contributed by atoms with Crippen LogP contribution in [0.15, 0.2) is 30.3 Å². The van der Waals surface area contributed by atoms with Crippen LogP contribution in [0.4, 0.5) is 4.79 Å². The number of hydrogen-bond donors (Lipinski definition) is 2. The molecule has 0 unspecified atom stereocenters. The van der Waals surface area contributed by atoms with Crippen molar-refractivity contribution in [3.05, 3.63) is 35.9 Å². The molecule has 1 fully saturated rings. The monoisotopic (exact) mass is 278 g/mol. The van der Waals surface area contributed by atoms with Crippen molar-refractivity contribution in [2.24, 2.45) is 0 Å². The second kappa shape index (κ2) is 5.92. The van der Waals surface area contributed by atoms with Crippen LogP contribution >= 0.6 is 0 Å². The molecule has 2 N–H and O–H groups in total. The Balaban J connectivity index is 2.04. The molecule has 0 saturated carbocycles. The van der Waals surface area contributed by atoms with Gasteiger partial charge in [-0.2, -0.15) is 0 Å². The number of carbonyl (C=O) groups is 2. The molecule has 1 aliphatic heterocycles. The van der Waals surface area contributed by atoms with E-state index >= 15 is 0 Å². The van der Waals surface area contributed by atoms with Crippen LogP contribution in [0, 0.1) is 0 Å². The van der Waals surface area contributed by atoms with E-state index in [2.05, 4.69) is 0 Å². The SMILES string of the molecule is CN(Cc1ccccc1)C(=O)N1C[C@@H](O)C[C@H]1C(=O)O. The van der Waals surface area contributed by atoms with Gasteiger partial charge >= 0.3 is 12.0 Å². The van der Waals surface area contributed by atoms with Gasteiger partial charge < -0.3 is 20.0 Å². The Morgan fingerprint density at radius 1 is 1.35 bits per heavy atom. The van der Waals surface area contributed by atoms with Gasteiger partial charge in [-0.15, -0.1) is 0 Å². The van der Waals surface area contributed by atoms with Crippen LogP contribution in [-0.4, -0.2) is 57.8 Å². The topological polar surface area (TPSA) is 81.1 Å². The van der Waals surface area contributed by atoms with E-state index < -0.39 is 18.1 Å². The predicted molar refractivity (Wildman–Crippen MR) is 72.1 cm³/mol. The van der Waals surface area contributed by atoms with Crippen LogP contribution in [0.5, 0.6) is 0 Å². The first-order valence-electron chi connectivity index (χ1n) is 6.45. The first-order chi connectivity index (χ1) is 9.49. The van der Waals surface area contributed by atoms with Crippen LogP contribution in [-0.2, 0) is 11.3 Å². The summed E-state index contributed by atoms with van der Waals surface area (Å²) in [6.07, 6.45) is -0.689. The lowest BCUT2D eigenvalue weighted by atomic mass is 10.2. The predicted octanol–water partition coefficient (Wildman–Crippen LogP) is 0.758. The maximum absolute atomic E-state index is 12.3. The fourth-order valence-electron chi connectivity index (χ4n) is 2.40. The van der Waals surface area contributed by atoms with Crippen LogP contribution < -0.4 is 0 Å². The second-order valence-corrected chi connectivity index (χ2v) is 5.02. The lowest BCUT2D eigenvalue weighted by molar-refractivity contribution is -0.141. The highest BCUT2D eigenvalue weighted by Gasteiger charge is 2.39. The molecule has 2 amide bonds. The number of aliphatic hydroxyl groups is 1. The van der Waals surface area contributed by atoms with Gasteiger partial charge in [0.2, 0.25) is 0 Å². The molecule has 0 aromatic heterocycles. The molecule has 6 heteroatoms. The van der Waals surface area contributed by atoms with Gasteiger partial charge in [0.05, 0.1) is 6.10 Å². The number of carboxylic acids is 1. The molecule has 0 bridgehead atoms. The Hall–Kier alpha value is -2.08. The van der Waals surface area contributed by atoms with E-state index in [9.17, 15) is 14.7 Å². The molecule has 1 aliphatic rings. The van der Waals surface area contributed by atoms with Crippen molar-refractivity contribution >= 4 is 12.0 Å². The Bertz CT molecular complexity index is 491. The minimum atomic E-state index is -1.08. The van der Waals surface area contributed by atoms with Crippen LogP contribution in [0.2, 0.25) is 0 Å². The van der Waals surface area contributed by atoms with Gasteiger partial charge in [-0.05, 0) is 5.56 Å². The number of likely N-dealkylation sites (tertiary alicyclic amines) is 1. The maximum Gasteiger partial charge on any atom is 0.326 e. The molecule has 0 spiro atoms. The van der Waals surface area contributed by atoms with E-state index in [-0.39, 0.29) is 19.0 Å². The summed E-state index contributed by atoms with van der Waals surface area (Å²) < 4.78 is 0. The number of rotatable bonds is 3. The summed E-state index contributed by atoms with van der Waals surface area (Å²) in [5.41, 5.74) is 0.968. The largest absolute Gasteiger partial charge is 0.480 e. The number of nitrogens with zero attached hydrogens (tertiary/aromatic N) is 2. The Labute approximate surface area is 117 Å². The molecule has 2 rings (SSSR count). The number of carbonyl (C=O) groups excluding carboxylic acids is 1. The fourth-order valence-corrected chi connectivity index (χ4v) is 2.40. The third kappa shape index (κ3) is 3.08. The van der Waals surface area contributed by atoms with E-state index in [0.717, 1.165) is 5.56 Å². The van der Waals surface area contributed by atoms with Crippen LogP contribution in [0.3, 0.4) is 0 Å². The van der Waals surface area contributed by atoms with E-state index in [1.807, 2.05) is 30.3 Å². The van der Waals surface area contributed by atoms with E-state index in [1.165, 1.54) is 9.80 Å². The van der Waals surface area contributed by atoms with Crippen molar-refractivity contribution in [2.45, 2.75) is 25.1 Å². The summed E-state index contributed by atoms with van der Waals surface area (Å²) in [4.78, 5) is 26.1. The van der Waals surface area contributed by atoms with Gasteiger partial charge in [0.15, 0.2) is 0 Å². The third-order valence-electron chi connectivity index (χ3n) is 3.40. The molecular weight excluding hydrogens is 260 g/mol. The molecule has 2 atom stereocenters. The van der Waals surface area contributed by atoms with Gasteiger partial charge in [0.25, 0.3) is 0 Å². The minimum Gasteiger partial charge on any atom is -0.480 e. The summed E-state index contributed by atoms with van der Waals surface area (Å²) in [5.74, 6) is -1.08. The quantitative estimate of drug-likeness (QED) is 0.855. The van der Waals surface area contributed by atoms with Gasteiger partial charge in [-0.25, -0.2) is 9.59 Å². The van der Waals surface area contributed by atoms with Gasteiger partial charge in [-0.3, -0.25) is 0 Å². The smallest absolute Gasteiger partial charge is 0.326 e. The minimum absolute atomic E-state index is 0.0644. The number of benzene rings is 1. The Kier molecular flexibility index (Phi) is 4.24. The first kappa shape index (κ1) is 14.3.